The summed E-state index contributed by atoms with van der Waals surface area (Å²) in [4.78, 5) is 16.2. The molecule has 1 aromatic carbocycles. The molecular weight excluding hydrogens is 290 g/mol. The van der Waals surface area contributed by atoms with Crippen LogP contribution in [0.4, 0.5) is 11.4 Å². The van der Waals surface area contributed by atoms with Crippen LogP contribution in [0.2, 0.25) is 0 Å². The lowest BCUT2D eigenvalue weighted by atomic mass is 10.2. The van der Waals surface area contributed by atoms with Crippen LogP contribution in [0, 0.1) is 0 Å². The van der Waals surface area contributed by atoms with E-state index in [0.717, 1.165) is 30.0 Å². The lowest BCUT2D eigenvalue weighted by Gasteiger charge is -2.12. The van der Waals surface area contributed by atoms with E-state index < -0.39 is 0 Å². The zero-order valence-electron chi connectivity index (χ0n) is 13.6. The average Bonchev–Trinajstić information content (AvgIpc) is 2.57. The molecule has 2 rings (SSSR count). The van der Waals surface area contributed by atoms with E-state index in [1.54, 1.807) is 18.5 Å². The van der Waals surface area contributed by atoms with E-state index >= 15 is 0 Å². The van der Waals surface area contributed by atoms with Crippen molar-refractivity contribution < 1.29 is 9.53 Å². The molecule has 0 atom stereocenters. The Morgan fingerprint density at radius 3 is 2.83 bits per heavy atom. The number of nitrogens with zero attached hydrogens (tertiary/aromatic N) is 1. The molecule has 0 aliphatic rings. The molecule has 0 radical (unpaired) electrons. The molecule has 0 saturated carbocycles. The Labute approximate surface area is 137 Å². The number of nitrogens with one attached hydrogen (secondary N) is 2. The summed E-state index contributed by atoms with van der Waals surface area (Å²) in [6.07, 6.45) is 5.28. The molecule has 0 bridgehead atoms. The summed E-state index contributed by atoms with van der Waals surface area (Å²) >= 11 is 0. The number of hydrogen-bond acceptors (Lipinski definition) is 4. The van der Waals surface area contributed by atoms with Gasteiger partial charge in [0.2, 0.25) is 0 Å². The van der Waals surface area contributed by atoms with Crippen LogP contribution in [-0.4, -0.2) is 24.0 Å². The smallest absolute Gasteiger partial charge is 0.252 e. The number of carbonyl (C=O) groups is 1. The van der Waals surface area contributed by atoms with Gasteiger partial charge in [0.1, 0.15) is 5.75 Å². The fourth-order valence-electron chi connectivity index (χ4n) is 2.12. The molecule has 0 aliphatic carbocycles. The first-order valence-corrected chi connectivity index (χ1v) is 7.96. The van der Waals surface area contributed by atoms with E-state index in [0.29, 0.717) is 18.7 Å². The zero-order chi connectivity index (χ0) is 16.5. The highest BCUT2D eigenvalue weighted by Gasteiger charge is 2.08. The topological polar surface area (TPSA) is 63.2 Å². The van der Waals surface area contributed by atoms with Crippen LogP contribution in [0.5, 0.6) is 5.75 Å². The molecule has 122 valence electrons. The number of rotatable bonds is 8. The number of anilines is 2. The van der Waals surface area contributed by atoms with Crippen molar-refractivity contribution in [1.29, 1.82) is 0 Å². The van der Waals surface area contributed by atoms with Crippen molar-refractivity contribution in [3.05, 3.63) is 48.3 Å². The number of ether oxygens (including phenoxy) is 1. The Morgan fingerprint density at radius 1 is 1.22 bits per heavy atom. The van der Waals surface area contributed by atoms with Crippen molar-refractivity contribution in [2.45, 2.75) is 26.7 Å². The lowest BCUT2D eigenvalue weighted by Crippen LogP contribution is -2.24. The average molecular weight is 313 g/mol. The maximum Gasteiger partial charge on any atom is 0.252 e. The van der Waals surface area contributed by atoms with Gasteiger partial charge in [-0.1, -0.05) is 25.5 Å². The molecule has 2 N–H and O–H groups in total. The molecule has 1 heterocycles. The van der Waals surface area contributed by atoms with Crippen LogP contribution in [0.15, 0.2) is 42.7 Å². The third kappa shape index (κ3) is 4.98. The van der Waals surface area contributed by atoms with Crippen LogP contribution >= 0.6 is 0 Å². The quantitative estimate of drug-likeness (QED) is 0.729. The summed E-state index contributed by atoms with van der Waals surface area (Å²) in [7, 11) is 0. The molecule has 2 aromatic rings. The number of amides is 1. The number of unbranched alkanes of at least 4 members (excludes halogenated alkanes) is 1. The van der Waals surface area contributed by atoms with Gasteiger partial charge in [-0.3, -0.25) is 9.78 Å². The third-order valence-corrected chi connectivity index (χ3v) is 3.28. The Balaban J connectivity index is 2.09. The van der Waals surface area contributed by atoms with Crippen molar-refractivity contribution in [2.24, 2.45) is 0 Å². The van der Waals surface area contributed by atoms with Crippen LogP contribution in [0.1, 0.15) is 37.0 Å². The first-order valence-electron chi connectivity index (χ1n) is 7.96. The summed E-state index contributed by atoms with van der Waals surface area (Å²) in [5.74, 6) is 0.667. The number of benzene rings is 1. The first-order chi connectivity index (χ1) is 11.2. The van der Waals surface area contributed by atoms with E-state index in [9.17, 15) is 4.79 Å². The molecule has 0 aliphatic heterocycles. The highest BCUT2D eigenvalue weighted by molar-refractivity contribution is 5.94. The fourth-order valence-corrected chi connectivity index (χ4v) is 2.12. The second-order valence-corrected chi connectivity index (χ2v) is 5.13. The van der Waals surface area contributed by atoms with Gasteiger partial charge >= 0.3 is 0 Å². The molecule has 23 heavy (non-hydrogen) atoms. The molecule has 5 nitrogen and oxygen atoms in total. The molecule has 1 amide bonds. The maximum absolute atomic E-state index is 12.1. The molecule has 0 saturated heterocycles. The van der Waals surface area contributed by atoms with Crippen molar-refractivity contribution in [1.82, 2.24) is 10.3 Å². The van der Waals surface area contributed by atoms with E-state index in [1.807, 2.05) is 31.2 Å². The fraction of sp³-hybridized carbons (Fsp3) is 0.333. The van der Waals surface area contributed by atoms with Gasteiger partial charge in [-0.2, -0.15) is 0 Å². The van der Waals surface area contributed by atoms with Gasteiger partial charge in [0.25, 0.3) is 5.91 Å². The summed E-state index contributed by atoms with van der Waals surface area (Å²) in [5, 5.41) is 6.14. The van der Waals surface area contributed by atoms with Gasteiger partial charge in [-0.25, -0.2) is 0 Å². The normalized spacial score (nSPS) is 10.2. The number of hydrogen-bond donors (Lipinski definition) is 2. The lowest BCUT2D eigenvalue weighted by molar-refractivity contribution is 0.0953. The SMILES string of the molecule is CCCCNC(=O)c1cncc(Nc2ccccc2OCC)c1. The Kier molecular flexibility index (Phi) is 6.41. The van der Waals surface area contributed by atoms with Crippen molar-refractivity contribution in [3.63, 3.8) is 0 Å². The van der Waals surface area contributed by atoms with Crippen LogP contribution in [0.25, 0.3) is 0 Å². The van der Waals surface area contributed by atoms with Gasteiger partial charge < -0.3 is 15.4 Å². The minimum Gasteiger partial charge on any atom is -0.492 e. The Morgan fingerprint density at radius 2 is 2.04 bits per heavy atom. The Bertz CT molecular complexity index is 644. The molecule has 1 aromatic heterocycles. The van der Waals surface area contributed by atoms with E-state index in [2.05, 4.69) is 22.5 Å². The Hall–Kier alpha value is -2.56. The van der Waals surface area contributed by atoms with Crippen molar-refractivity contribution >= 4 is 17.3 Å². The van der Waals surface area contributed by atoms with Gasteiger partial charge in [0.05, 0.1) is 29.7 Å². The number of carbonyl (C=O) groups excluding carboxylic acids is 1. The highest BCUT2D eigenvalue weighted by atomic mass is 16.5. The summed E-state index contributed by atoms with van der Waals surface area (Å²) in [6, 6.07) is 9.47. The van der Waals surface area contributed by atoms with Crippen LogP contribution < -0.4 is 15.4 Å². The number of para-hydroxylation sites is 2. The zero-order valence-corrected chi connectivity index (χ0v) is 13.6. The minimum absolute atomic E-state index is 0.104. The second-order valence-electron chi connectivity index (χ2n) is 5.13. The predicted molar refractivity (Wildman–Crippen MR) is 92.4 cm³/mol. The summed E-state index contributed by atoms with van der Waals surface area (Å²) < 4.78 is 5.59. The van der Waals surface area contributed by atoms with Gasteiger partial charge in [0, 0.05) is 12.7 Å². The van der Waals surface area contributed by atoms with E-state index in [4.69, 9.17) is 4.74 Å². The molecule has 0 spiro atoms. The van der Waals surface area contributed by atoms with E-state index in [-0.39, 0.29) is 5.91 Å². The predicted octanol–water partition coefficient (Wildman–Crippen LogP) is 3.75. The molecule has 5 heteroatoms. The first kappa shape index (κ1) is 16.8. The third-order valence-electron chi connectivity index (χ3n) is 3.28. The summed E-state index contributed by atoms with van der Waals surface area (Å²) in [6.45, 7) is 5.31. The maximum atomic E-state index is 12.1. The molecule has 0 unspecified atom stereocenters. The van der Waals surface area contributed by atoms with Gasteiger partial charge in [-0.05, 0) is 31.5 Å². The molecule has 0 fully saturated rings. The minimum atomic E-state index is -0.104. The van der Waals surface area contributed by atoms with Gasteiger partial charge in [-0.15, -0.1) is 0 Å². The van der Waals surface area contributed by atoms with Gasteiger partial charge in [0.15, 0.2) is 0 Å². The van der Waals surface area contributed by atoms with Crippen LogP contribution in [0.3, 0.4) is 0 Å². The second kappa shape index (κ2) is 8.78. The number of pyridine rings is 1. The van der Waals surface area contributed by atoms with Crippen molar-refractivity contribution in [3.8, 4) is 5.75 Å². The summed E-state index contributed by atoms with van der Waals surface area (Å²) in [5.41, 5.74) is 2.14. The number of aromatic nitrogens is 1. The van der Waals surface area contributed by atoms with Crippen LogP contribution in [-0.2, 0) is 0 Å². The van der Waals surface area contributed by atoms with E-state index in [1.165, 1.54) is 0 Å². The standard InChI is InChI=1S/C18H23N3O2/c1-3-5-10-20-18(22)14-11-15(13-19-12-14)21-16-8-6-7-9-17(16)23-4-2/h6-9,11-13,21H,3-5,10H2,1-2H3,(H,20,22). The monoisotopic (exact) mass is 313 g/mol. The largest absolute Gasteiger partial charge is 0.492 e. The van der Waals surface area contributed by atoms with Crippen molar-refractivity contribution in [2.75, 3.05) is 18.5 Å². The molecular formula is C18H23N3O2. The highest BCUT2D eigenvalue weighted by Crippen LogP contribution is 2.27.